The summed E-state index contributed by atoms with van der Waals surface area (Å²) in [7, 11) is 0. The Labute approximate surface area is 100 Å². The topological polar surface area (TPSA) is 20.2 Å². The number of alkyl halides is 3. The second kappa shape index (κ2) is 4.33. The number of hydrogen-bond acceptors (Lipinski definition) is 1. The summed E-state index contributed by atoms with van der Waals surface area (Å²) in [5.41, 5.74) is -1.42. The molecule has 0 radical (unpaired) electrons. The Kier molecular flexibility index (Phi) is 2.98. The lowest BCUT2D eigenvalue weighted by molar-refractivity contribution is -0.137. The van der Waals surface area contributed by atoms with E-state index in [0.29, 0.717) is 0 Å². The first-order chi connectivity index (χ1) is 8.39. The van der Waals surface area contributed by atoms with Crippen molar-refractivity contribution in [2.75, 3.05) is 0 Å². The third-order valence-electron chi connectivity index (χ3n) is 2.46. The summed E-state index contributed by atoms with van der Waals surface area (Å²) < 4.78 is 51.5. The average molecular weight is 256 g/mol. The fourth-order valence-corrected chi connectivity index (χ4v) is 1.72. The van der Waals surface area contributed by atoms with E-state index < -0.39 is 28.9 Å². The predicted octanol–water partition coefficient (Wildman–Crippen LogP) is 4.22. The molecule has 2 aromatic rings. The van der Waals surface area contributed by atoms with Crippen molar-refractivity contribution >= 4 is 0 Å². The Hall–Kier alpha value is -2.04. The van der Waals surface area contributed by atoms with Crippen molar-refractivity contribution in [2.24, 2.45) is 0 Å². The number of halogens is 4. The molecule has 2 aromatic carbocycles. The smallest absolute Gasteiger partial charge is 0.417 e. The molecular formula is C13H8F4O. The van der Waals surface area contributed by atoms with Crippen molar-refractivity contribution in [1.29, 1.82) is 0 Å². The van der Waals surface area contributed by atoms with Crippen LogP contribution in [0.3, 0.4) is 0 Å². The van der Waals surface area contributed by atoms with Crippen molar-refractivity contribution in [3.63, 3.8) is 0 Å². The van der Waals surface area contributed by atoms with Gasteiger partial charge in [-0.1, -0.05) is 18.2 Å². The third-order valence-corrected chi connectivity index (χ3v) is 2.46. The number of rotatable bonds is 1. The molecule has 0 aliphatic heterocycles. The minimum absolute atomic E-state index is 0.0135. The van der Waals surface area contributed by atoms with Crippen molar-refractivity contribution in [2.45, 2.75) is 6.18 Å². The second-order valence-electron chi connectivity index (χ2n) is 3.71. The molecule has 94 valence electrons. The Morgan fingerprint density at radius 1 is 0.944 bits per heavy atom. The van der Waals surface area contributed by atoms with Crippen LogP contribution in [0.4, 0.5) is 17.6 Å². The molecule has 0 bridgehead atoms. The van der Waals surface area contributed by atoms with E-state index in [1.165, 1.54) is 12.1 Å². The number of aromatic hydroxyl groups is 1. The van der Waals surface area contributed by atoms with Gasteiger partial charge in [0.25, 0.3) is 0 Å². The number of phenolic OH excluding ortho intramolecular Hbond substituents is 1. The van der Waals surface area contributed by atoms with Crippen LogP contribution >= 0.6 is 0 Å². The van der Waals surface area contributed by atoms with Gasteiger partial charge >= 0.3 is 6.18 Å². The van der Waals surface area contributed by atoms with Gasteiger partial charge in [-0.05, 0) is 29.8 Å². The SMILES string of the molecule is Oc1cccc(C(F)(F)F)c1-c1cccc(F)c1. The Balaban J connectivity index is 2.70. The largest absolute Gasteiger partial charge is 0.507 e. The molecule has 0 fully saturated rings. The minimum Gasteiger partial charge on any atom is -0.507 e. The van der Waals surface area contributed by atoms with E-state index in [0.717, 1.165) is 30.3 Å². The van der Waals surface area contributed by atoms with Crippen LogP contribution < -0.4 is 0 Å². The van der Waals surface area contributed by atoms with Gasteiger partial charge in [-0.2, -0.15) is 13.2 Å². The maximum absolute atomic E-state index is 13.0. The normalized spacial score (nSPS) is 11.6. The molecule has 0 aliphatic carbocycles. The van der Waals surface area contributed by atoms with Crippen LogP contribution in [-0.4, -0.2) is 5.11 Å². The summed E-state index contributed by atoms with van der Waals surface area (Å²) in [4.78, 5) is 0. The van der Waals surface area contributed by atoms with Crippen LogP contribution in [0.15, 0.2) is 42.5 Å². The lowest BCUT2D eigenvalue weighted by Gasteiger charge is -2.14. The summed E-state index contributed by atoms with van der Waals surface area (Å²) in [6.07, 6.45) is -4.61. The van der Waals surface area contributed by atoms with E-state index in [2.05, 4.69) is 0 Å². The van der Waals surface area contributed by atoms with Crippen LogP contribution in [0.2, 0.25) is 0 Å². The van der Waals surface area contributed by atoms with E-state index in [1.807, 2.05) is 0 Å². The minimum atomic E-state index is -4.61. The van der Waals surface area contributed by atoms with Crippen LogP contribution in [0, 0.1) is 5.82 Å². The zero-order valence-electron chi connectivity index (χ0n) is 9.00. The molecule has 0 unspecified atom stereocenters. The number of hydrogen-bond donors (Lipinski definition) is 1. The van der Waals surface area contributed by atoms with Gasteiger partial charge in [-0.15, -0.1) is 0 Å². The molecule has 0 amide bonds. The quantitative estimate of drug-likeness (QED) is 0.757. The number of benzene rings is 2. The number of phenols is 1. The van der Waals surface area contributed by atoms with Crippen LogP contribution in [0.1, 0.15) is 5.56 Å². The molecule has 0 aromatic heterocycles. The zero-order chi connectivity index (χ0) is 13.3. The lowest BCUT2D eigenvalue weighted by atomic mass is 9.98. The average Bonchev–Trinajstić information content (AvgIpc) is 2.27. The molecule has 18 heavy (non-hydrogen) atoms. The van der Waals surface area contributed by atoms with E-state index in [1.54, 1.807) is 0 Å². The Morgan fingerprint density at radius 3 is 2.22 bits per heavy atom. The summed E-state index contributed by atoms with van der Waals surface area (Å²) in [5.74, 6) is -1.20. The lowest BCUT2D eigenvalue weighted by Crippen LogP contribution is -2.07. The van der Waals surface area contributed by atoms with E-state index in [4.69, 9.17) is 0 Å². The summed E-state index contributed by atoms with van der Waals surface area (Å²) in [6.45, 7) is 0. The molecular weight excluding hydrogens is 248 g/mol. The van der Waals surface area contributed by atoms with Crippen molar-refractivity contribution in [3.05, 3.63) is 53.8 Å². The maximum Gasteiger partial charge on any atom is 0.417 e. The molecule has 0 heterocycles. The highest BCUT2D eigenvalue weighted by molar-refractivity contribution is 5.74. The van der Waals surface area contributed by atoms with Crippen molar-refractivity contribution < 1.29 is 22.7 Å². The van der Waals surface area contributed by atoms with Crippen molar-refractivity contribution in [1.82, 2.24) is 0 Å². The van der Waals surface area contributed by atoms with Crippen LogP contribution in [-0.2, 0) is 6.18 Å². The van der Waals surface area contributed by atoms with E-state index in [9.17, 15) is 22.7 Å². The summed E-state index contributed by atoms with van der Waals surface area (Å²) in [5, 5.41) is 9.58. The third kappa shape index (κ3) is 2.30. The van der Waals surface area contributed by atoms with Gasteiger partial charge < -0.3 is 5.11 Å². The molecule has 0 atom stereocenters. The predicted molar refractivity (Wildman–Crippen MR) is 58.5 cm³/mol. The molecule has 1 nitrogen and oxygen atoms in total. The summed E-state index contributed by atoms with van der Waals surface area (Å²) in [6, 6.07) is 7.75. The molecule has 5 heteroatoms. The monoisotopic (exact) mass is 256 g/mol. The van der Waals surface area contributed by atoms with Gasteiger partial charge in [0.05, 0.1) is 5.56 Å². The Bertz CT molecular complexity index is 575. The van der Waals surface area contributed by atoms with Crippen LogP contribution in [0.25, 0.3) is 11.1 Å². The van der Waals surface area contributed by atoms with Gasteiger partial charge in [-0.3, -0.25) is 0 Å². The van der Waals surface area contributed by atoms with Gasteiger partial charge in [0.1, 0.15) is 11.6 Å². The maximum atomic E-state index is 13.0. The highest BCUT2D eigenvalue weighted by Crippen LogP contribution is 2.41. The fraction of sp³-hybridized carbons (Fsp3) is 0.0769. The van der Waals surface area contributed by atoms with Gasteiger partial charge in [-0.25, -0.2) is 4.39 Å². The first-order valence-corrected chi connectivity index (χ1v) is 5.04. The highest BCUT2D eigenvalue weighted by Gasteiger charge is 2.34. The second-order valence-corrected chi connectivity index (χ2v) is 3.71. The molecule has 0 saturated carbocycles. The molecule has 2 rings (SSSR count). The standard InChI is InChI=1S/C13H8F4O/c14-9-4-1-3-8(7-9)12-10(13(15,16)17)5-2-6-11(12)18/h1-7,18H. The first kappa shape index (κ1) is 12.4. The van der Waals surface area contributed by atoms with Crippen LogP contribution in [0.5, 0.6) is 5.75 Å². The zero-order valence-corrected chi connectivity index (χ0v) is 9.00. The molecule has 0 saturated heterocycles. The van der Waals surface area contributed by atoms with Gasteiger partial charge in [0, 0.05) is 5.56 Å². The van der Waals surface area contributed by atoms with E-state index in [-0.39, 0.29) is 5.56 Å². The highest BCUT2D eigenvalue weighted by atomic mass is 19.4. The van der Waals surface area contributed by atoms with Gasteiger partial charge in [0.2, 0.25) is 0 Å². The fourth-order valence-electron chi connectivity index (χ4n) is 1.72. The molecule has 0 aliphatic rings. The first-order valence-electron chi connectivity index (χ1n) is 5.04. The van der Waals surface area contributed by atoms with Crippen molar-refractivity contribution in [3.8, 4) is 16.9 Å². The van der Waals surface area contributed by atoms with E-state index >= 15 is 0 Å². The van der Waals surface area contributed by atoms with Gasteiger partial charge in [0.15, 0.2) is 0 Å². The Morgan fingerprint density at radius 2 is 1.61 bits per heavy atom. The molecule has 1 N–H and O–H groups in total. The summed E-state index contributed by atoms with van der Waals surface area (Å²) >= 11 is 0. The molecule has 0 spiro atoms.